The summed E-state index contributed by atoms with van der Waals surface area (Å²) >= 11 is 5.85. The number of allylic oxidation sites excluding steroid dienone is 6. The van der Waals surface area contributed by atoms with Crippen LogP contribution in [0.25, 0.3) is 0 Å². The second-order valence-corrected chi connectivity index (χ2v) is 7.95. The van der Waals surface area contributed by atoms with Gasteiger partial charge in [-0.1, -0.05) is 30.7 Å². The van der Waals surface area contributed by atoms with Crippen LogP contribution in [0.4, 0.5) is 17.6 Å². The lowest BCUT2D eigenvalue weighted by atomic mass is 9.89. The van der Waals surface area contributed by atoms with Gasteiger partial charge in [-0.2, -0.15) is 13.2 Å². The largest absolute Gasteiger partial charge is 0.424 e. The molecule has 1 atom stereocenters. The molecule has 0 spiro atoms. The van der Waals surface area contributed by atoms with E-state index < -0.39 is 35.4 Å². The average molecular weight is 478 g/mol. The van der Waals surface area contributed by atoms with Crippen molar-refractivity contribution in [3.8, 4) is 0 Å². The van der Waals surface area contributed by atoms with Gasteiger partial charge in [-0.15, -0.1) is 0 Å². The Morgan fingerprint density at radius 3 is 2.44 bits per heavy atom. The first-order valence-corrected chi connectivity index (χ1v) is 10.3. The molecule has 0 saturated carbocycles. The van der Waals surface area contributed by atoms with Crippen LogP contribution in [0, 0.1) is 0 Å². The summed E-state index contributed by atoms with van der Waals surface area (Å²) in [5.41, 5.74) is -4.16. The van der Waals surface area contributed by atoms with Crippen LogP contribution in [0.1, 0.15) is 44.6 Å². The van der Waals surface area contributed by atoms with Crippen molar-refractivity contribution in [1.29, 1.82) is 0 Å². The molecule has 1 unspecified atom stereocenters. The summed E-state index contributed by atoms with van der Waals surface area (Å²) in [5.74, 6) is -0.660. The third-order valence-electron chi connectivity index (χ3n) is 4.69. The molecule has 0 saturated heterocycles. The molecular weight excluding hydrogens is 450 g/mol. The SMILES string of the molecule is C\C=C/C(F)=C(Cl)\C=C\Cc1cc(C(C)(C)NCC)cc(C(O)(CNC=O)C(F)(F)F)n1. The normalized spacial score (nSPS) is 15.7. The van der Waals surface area contributed by atoms with E-state index in [-0.39, 0.29) is 23.6 Å². The number of aromatic nitrogens is 1. The van der Waals surface area contributed by atoms with Gasteiger partial charge in [0.25, 0.3) is 0 Å². The second-order valence-electron chi connectivity index (χ2n) is 7.55. The van der Waals surface area contributed by atoms with Crippen LogP contribution in [0.5, 0.6) is 0 Å². The van der Waals surface area contributed by atoms with Gasteiger partial charge in [0, 0.05) is 17.7 Å². The molecule has 0 bridgehead atoms. The summed E-state index contributed by atoms with van der Waals surface area (Å²) in [6, 6.07) is 2.76. The number of hydrogen-bond donors (Lipinski definition) is 3. The Morgan fingerprint density at radius 2 is 1.91 bits per heavy atom. The van der Waals surface area contributed by atoms with Gasteiger partial charge in [-0.05, 0) is 57.2 Å². The lowest BCUT2D eigenvalue weighted by Crippen LogP contribution is -2.50. The highest BCUT2D eigenvalue weighted by Crippen LogP contribution is 2.39. The van der Waals surface area contributed by atoms with Crippen molar-refractivity contribution < 1.29 is 27.5 Å². The van der Waals surface area contributed by atoms with Crippen LogP contribution >= 0.6 is 11.6 Å². The van der Waals surface area contributed by atoms with E-state index >= 15 is 0 Å². The molecular formula is C22H28ClF4N3O2. The highest BCUT2D eigenvalue weighted by Gasteiger charge is 2.56. The van der Waals surface area contributed by atoms with Gasteiger partial charge in [0.1, 0.15) is 5.83 Å². The highest BCUT2D eigenvalue weighted by atomic mass is 35.5. The Kier molecular flexibility index (Phi) is 10.1. The number of carbonyl (C=O) groups is 1. The van der Waals surface area contributed by atoms with Gasteiger partial charge < -0.3 is 15.7 Å². The molecule has 3 N–H and O–H groups in total. The van der Waals surface area contributed by atoms with Crippen molar-refractivity contribution in [2.24, 2.45) is 0 Å². The number of aliphatic hydroxyl groups is 1. The second kappa shape index (κ2) is 11.6. The van der Waals surface area contributed by atoms with Gasteiger partial charge >= 0.3 is 6.18 Å². The summed E-state index contributed by atoms with van der Waals surface area (Å²) in [5, 5.41) is 15.4. The minimum Gasteiger partial charge on any atom is -0.374 e. The van der Waals surface area contributed by atoms with E-state index in [1.54, 1.807) is 26.8 Å². The summed E-state index contributed by atoms with van der Waals surface area (Å²) in [4.78, 5) is 14.6. The lowest BCUT2D eigenvalue weighted by Gasteiger charge is -2.32. The number of hydrogen-bond acceptors (Lipinski definition) is 4. The van der Waals surface area contributed by atoms with Crippen LogP contribution in [0.3, 0.4) is 0 Å². The molecule has 1 aromatic heterocycles. The Morgan fingerprint density at radius 1 is 1.25 bits per heavy atom. The maximum atomic E-state index is 13.8. The zero-order valence-electron chi connectivity index (χ0n) is 18.4. The fourth-order valence-corrected chi connectivity index (χ4v) is 3.08. The number of amides is 1. The van der Waals surface area contributed by atoms with Crippen LogP contribution in [0.2, 0.25) is 0 Å². The standard InChI is InChI=1S/C22H28ClF4N3O2/c1-5-8-18(24)17(23)10-7-9-16-11-15(20(3,4)29-6-2)12-19(30-16)21(32,13-28-14-31)22(25,26)27/h5,7-8,10-12,14,29,32H,6,9,13H2,1-4H3,(H,28,31)/b8-5-,10-7+,18-17-. The third-order valence-corrected chi connectivity index (χ3v) is 4.99. The molecule has 1 amide bonds. The number of alkyl halides is 3. The molecule has 10 heteroatoms. The maximum absolute atomic E-state index is 13.8. The Bertz CT molecular complexity index is 882. The summed E-state index contributed by atoms with van der Waals surface area (Å²) in [6.45, 7) is 6.46. The van der Waals surface area contributed by atoms with Crippen molar-refractivity contribution in [2.45, 2.75) is 51.4 Å². The highest BCUT2D eigenvalue weighted by molar-refractivity contribution is 6.31. The molecule has 0 aliphatic rings. The number of nitrogens with zero attached hydrogens (tertiary/aromatic N) is 1. The van der Waals surface area contributed by atoms with Gasteiger partial charge in [0.15, 0.2) is 0 Å². The number of rotatable bonds is 11. The fraction of sp³-hybridized carbons (Fsp3) is 0.455. The Hall–Kier alpha value is -2.23. The van der Waals surface area contributed by atoms with E-state index in [1.807, 2.05) is 12.2 Å². The fourth-order valence-electron chi connectivity index (χ4n) is 2.92. The van der Waals surface area contributed by atoms with E-state index in [1.165, 1.54) is 24.3 Å². The molecule has 0 aliphatic heterocycles. The summed E-state index contributed by atoms with van der Waals surface area (Å²) in [7, 11) is 0. The topological polar surface area (TPSA) is 74.2 Å². The Labute approximate surface area is 190 Å². The van der Waals surface area contributed by atoms with Crippen molar-refractivity contribution in [3.63, 3.8) is 0 Å². The molecule has 0 radical (unpaired) electrons. The predicted molar refractivity (Wildman–Crippen MR) is 117 cm³/mol. The molecule has 0 aliphatic carbocycles. The minimum atomic E-state index is -5.11. The van der Waals surface area contributed by atoms with E-state index in [0.29, 0.717) is 12.1 Å². The monoisotopic (exact) mass is 477 g/mol. The molecule has 1 rings (SSSR count). The van der Waals surface area contributed by atoms with Crippen LogP contribution in [-0.2, 0) is 22.4 Å². The van der Waals surface area contributed by atoms with Crippen LogP contribution < -0.4 is 10.6 Å². The lowest BCUT2D eigenvalue weighted by molar-refractivity contribution is -0.265. The zero-order valence-corrected chi connectivity index (χ0v) is 19.1. The molecule has 178 valence electrons. The van der Waals surface area contributed by atoms with Crippen LogP contribution in [0.15, 0.2) is 47.3 Å². The van der Waals surface area contributed by atoms with Crippen molar-refractivity contribution >= 4 is 18.0 Å². The van der Waals surface area contributed by atoms with Crippen molar-refractivity contribution in [3.05, 3.63) is 64.2 Å². The van der Waals surface area contributed by atoms with E-state index in [9.17, 15) is 27.5 Å². The van der Waals surface area contributed by atoms with Gasteiger partial charge in [0.2, 0.25) is 12.0 Å². The Balaban J connectivity index is 3.55. The van der Waals surface area contributed by atoms with E-state index in [4.69, 9.17) is 11.6 Å². The first-order chi connectivity index (χ1) is 14.8. The predicted octanol–water partition coefficient (Wildman–Crippen LogP) is 4.52. The molecule has 1 heterocycles. The third kappa shape index (κ3) is 7.15. The molecule has 5 nitrogen and oxygen atoms in total. The zero-order chi connectivity index (χ0) is 24.6. The molecule has 0 fully saturated rings. The van der Waals surface area contributed by atoms with Gasteiger partial charge in [-0.3, -0.25) is 9.78 Å². The van der Waals surface area contributed by atoms with E-state index in [2.05, 4.69) is 10.3 Å². The van der Waals surface area contributed by atoms with Gasteiger partial charge in [-0.25, -0.2) is 4.39 Å². The first-order valence-electron chi connectivity index (χ1n) is 9.90. The molecule has 32 heavy (non-hydrogen) atoms. The van der Waals surface area contributed by atoms with E-state index in [0.717, 1.165) is 6.07 Å². The first kappa shape index (κ1) is 27.8. The average Bonchev–Trinajstić information content (AvgIpc) is 2.71. The smallest absolute Gasteiger partial charge is 0.374 e. The number of halogens is 5. The molecule has 1 aromatic rings. The van der Waals surface area contributed by atoms with Crippen LogP contribution in [-0.4, -0.2) is 35.8 Å². The minimum absolute atomic E-state index is 0.0252. The number of carbonyl (C=O) groups excluding carboxylic acids is 1. The van der Waals surface area contributed by atoms with Crippen molar-refractivity contribution in [1.82, 2.24) is 15.6 Å². The number of nitrogens with one attached hydrogen (secondary N) is 2. The quantitative estimate of drug-likeness (QED) is 0.249. The maximum Gasteiger partial charge on any atom is 0.424 e. The summed E-state index contributed by atoms with van der Waals surface area (Å²) in [6.07, 6.45) is 0.370. The number of pyridine rings is 1. The molecule has 0 aromatic carbocycles. The van der Waals surface area contributed by atoms with Crippen molar-refractivity contribution in [2.75, 3.05) is 13.1 Å². The summed E-state index contributed by atoms with van der Waals surface area (Å²) < 4.78 is 55.1. The van der Waals surface area contributed by atoms with Gasteiger partial charge in [0.05, 0.1) is 17.3 Å².